The zero-order valence-electron chi connectivity index (χ0n) is 11.4. The molecule has 0 aliphatic heterocycles. The van der Waals surface area contributed by atoms with Crippen molar-refractivity contribution in [1.29, 1.82) is 0 Å². The number of fused-ring (bicyclic) bond motifs is 1. The number of nitrogens with zero attached hydrogens (tertiary/aromatic N) is 4. The number of hydrogen-bond acceptors (Lipinski definition) is 2. The van der Waals surface area contributed by atoms with E-state index >= 15 is 0 Å². The average molecular weight is 309 g/mol. The van der Waals surface area contributed by atoms with Crippen molar-refractivity contribution in [3.05, 3.63) is 40.8 Å². The Kier molecular flexibility index (Phi) is 3.22. The summed E-state index contributed by atoms with van der Waals surface area (Å²) in [5.41, 5.74) is 3.69. The van der Waals surface area contributed by atoms with Gasteiger partial charge in [0.2, 0.25) is 0 Å². The molecule has 6 heteroatoms. The van der Waals surface area contributed by atoms with Crippen molar-refractivity contribution in [1.82, 2.24) is 19.3 Å². The molecule has 0 fully saturated rings. The first-order valence-electron chi connectivity index (χ1n) is 6.31. The minimum absolute atomic E-state index is 0.197. The van der Waals surface area contributed by atoms with Gasteiger partial charge in [-0.05, 0) is 38.1 Å². The van der Waals surface area contributed by atoms with Crippen LogP contribution in [0.3, 0.4) is 0 Å². The van der Waals surface area contributed by atoms with Crippen molar-refractivity contribution < 1.29 is 0 Å². The Bertz CT molecular complexity index is 769. The van der Waals surface area contributed by atoms with Crippen LogP contribution in [-0.4, -0.2) is 19.3 Å². The van der Waals surface area contributed by atoms with E-state index in [9.17, 15) is 0 Å². The predicted molar refractivity (Wildman–Crippen MR) is 81.9 cm³/mol. The van der Waals surface area contributed by atoms with E-state index in [1.165, 1.54) is 0 Å². The molecule has 0 N–H and O–H groups in total. The van der Waals surface area contributed by atoms with Crippen molar-refractivity contribution in [3.8, 4) is 5.69 Å². The fourth-order valence-electron chi connectivity index (χ4n) is 2.40. The van der Waals surface area contributed by atoms with Crippen LogP contribution in [0.5, 0.6) is 0 Å². The van der Waals surface area contributed by atoms with Crippen LogP contribution in [0, 0.1) is 6.92 Å². The molecule has 1 unspecified atom stereocenters. The molecule has 20 heavy (non-hydrogen) atoms. The summed E-state index contributed by atoms with van der Waals surface area (Å²) in [4.78, 5) is 4.65. The van der Waals surface area contributed by atoms with Crippen molar-refractivity contribution in [2.75, 3.05) is 0 Å². The second-order valence-electron chi connectivity index (χ2n) is 4.78. The summed E-state index contributed by atoms with van der Waals surface area (Å²) in [6.45, 7) is 3.86. The van der Waals surface area contributed by atoms with E-state index in [0.717, 1.165) is 28.4 Å². The Balaban J connectivity index is 2.36. The third-order valence-electron chi connectivity index (χ3n) is 3.27. The minimum atomic E-state index is -0.197. The monoisotopic (exact) mass is 308 g/mol. The van der Waals surface area contributed by atoms with Gasteiger partial charge in [-0.25, -0.2) is 9.67 Å². The first-order valence-corrected chi connectivity index (χ1v) is 7.12. The van der Waals surface area contributed by atoms with Crippen LogP contribution in [0.1, 0.15) is 23.8 Å². The van der Waals surface area contributed by atoms with E-state index in [1.54, 1.807) is 0 Å². The Labute approximate surface area is 126 Å². The van der Waals surface area contributed by atoms with Gasteiger partial charge in [-0.15, -0.1) is 11.6 Å². The number of alkyl halides is 1. The first-order chi connectivity index (χ1) is 9.49. The molecule has 104 valence electrons. The number of benzene rings is 1. The standard InChI is InChI=1S/C14H14Cl2N4/c1-8(15)13-17-12-9(2)18-19(3)14(12)20(13)11-6-4-10(16)5-7-11/h4-8H,1-3H3. The molecular formula is C14H14Cl2N4. The molecular weight excluding hydrogens is 295 g/mol. The van der Waals surface area contributed by atoms with Gasteiger partial charge < -0.3 is 0 Å². The zero-order chi connectivity index (χ0) is 14.4. The van der Waals surface area contributed by atoms with E-state index in [4.69, 9.17) is 23.2 Å². The fourth-order valence-corrected chi connectivity index (χ4v) is 2.67. The van der Waals surface area contributed by atoms with Gasteiger partial charge in [-0.2, -0.15) is 5.10 Å². The second kappa shape index (κ2) is 4.79. The van der Waals surface area contributed by atoms with Gasteiger partial charge in [0.05, 0.1) is 11.1 Å². The van der Waals surface area contributed by atoms with Crippen LogP contribution < -0.4 is 0 Å². The number of aromatic nitrogens is 4. The van der Waals surface area contributed by atoms with Crippen LogP contribution in [0.2, 0.25) is 5.02 Å². The van der Waals surface area contributed by atoms with E-state index < -0.39 is 0 Å². The molecule has 2 heterocycles. The Morgan fingerprint density at radius 1 is 1.20 bits per heavy atom. The van der Waals surface area contributed by atoms with Crippen molar-refractivity contribution in [2.24, 2.45) is 7.05 Å². The SMILES string of the molecule is Cc1nn(C)c2c1nc(C(C)Cl)n2-c1ccc(Cl)cc1. The van der Waals surface area contributed by atoms with Crippen LogP contribution in [0.15, 0.2) is 24.3 Å². The molecule has 1 atom stereocenters. The molecule has 4 nitrogen and oxygen atoms in total. The Morgan fingerprint density at radius 2 is 1.85 bits per heavy atom. The highest BCUT2D eigenvalue weighted by Gasteiger charge is 2.21. The van der Waals surface area contributed by atoms with Gasteiger partial charge in [-0.1, -0.05) is 11.6 Å². The topological polar surface area (TPSA) is 35.6 Å². The Hall–Kier alpha value is -1.52. The summed E-state index contributed by atoms with van der Waals surface area (Å²) < 4.78 is 3.86. The molecule has 1 aromatic carbocycles. The summed E-state index contributed by atoms with van der Waals surface area (Å²) >= 11 is 12.2. The molecule has 0 radical (unpaired) electrons. The molecule has 0 bridgehead atoms. The number of halogens is 2. The third-order valence-corrected chi connectivity index (χ3v) is 3.72. The van der Waals surface area contributed by atoms with Crippen LogP contribution in [0.4, 0.5) is 0 Å². The Morgan fingerprint density at radius 3 is 2.45 bits per heavy atom. The van der Waals surface area contributed by atoms with E-state index in [1.807, 2.05) is 54.4 Å². The molecule has 0 aliphatic rings. The third kappa shape index (κ3) is 2.00. The maximum Gasteiger partial charge on any atom is 0.163 e. The van der Waals surface area contributed by atoms with E-state index in [-0.39, 0.29) is 5.38 Å². The summed E-state index contributed by atoms with van der Waals surface area (Å²) in [5.74, 6) is 0.806. The molecule has 0 saturated carbocycles. The quantitative estimate of drug-likeness (QED) is 0.670. The summed E-state index contributed by atoms with van der Waals surface area (Å²) in [7, 11) is 1.91. The molecule has 0 amide bonds. The van der Waals surface area contributed by atoms with Gasteiger partial charge >= 0.3 is 0 Å². The lowest BCUT2D eigenvalue weighted by molar-refractivity contribution is 0.748. The molecule has 0 saturated heterocycles. The smallest absolute Gasteiger partial charge is 0.163 e. The second-order valence-corrected chi connectivity index (χ2v) is 5.87. The maximum absolute atomic E-state index is 6.28. The minimum Gasteiger partial charge on any atom is -0.280 e. The average Bonchev–Trinajstić information content (AvgIpc) is 2.90. The maximum atomic E-state index is 6.28. The normalized spacial score (nSPS) is 13.1. The van der Waals surface area contributed by atoms with E-state index in [2.05, 4.69) is 10.1 Å². The van der Waals surface area contributed by atoms with Crippen molar-refractivity contribution >= 4 is 34.4 Å². The van der Waals surface area contributed by atoms with Crippen molar-refractivity contribution in [2.45, 2.75) is 19.2 Å². The molecule has 3 rings (SSSR count). The fraction of sp³-hybridized carbons (Fsp3) is 0.286. The molecule has 2 aromatic heterocycles. The van der Waals surface area contributed by atoms with Crippen LogP contribution >= 0.6 is 23.2 Å². The number of aryl methyl sites for hydroxylation is 2. The van der Waals surface area contributed by atoms with E-state index in [0.29, 0.717) is 5.02 Å². The summed E-state index contributed by atoms with van der Waals surface area (Å²) in [5, 5.41) is 4.92. The lowest BCUT2D eigenvalue weighted by Gasteiger charge is -2.11. The lowest BCUT2D eigenvalue weighted by atomic mass is 10.3. The number of imidazole rings is 1. The van der Waals surface area contributed by atoms with Gasteiger partial charge in [0.15, 0.2) is 5.65 Å². The molecule has 0 spiro atoms. The summed E-state index contributed by atoms with van der Waals surface area (Å²) in [6, 6.07) is 7.62. The van der Waals surface area contributed by atoms with Crippen LogP contribution in [0.25, 0.3) is 16.9 Å². The highest BCUT2D eigenvalue weighted by Crippen LogP contribution is 2.29. The van der Waals surface area contributed by atoms with Crippen molar-refractivity contribution in [3.63, 3.8) is 0 Å². The lowest BCUT2D eigenvalue weighted by Crippen LogP contribution is -2.05. The highest BCUT2D eigenvalue weighted by atomic mass is 35.5. The van der Waals surface area contributed by atoms with Gasteiger partial charge in [0, 0.05) is 17.8 Å². The van der Waals surface area contributed by atoms with Gasteiger partial charge in [-0.3, -0.25) is 4.57 Å². The van der Waals surface area contributed by atoms with Crippen LogP contribution in [-0.2, 0) is 7.05 Å². The number of rotatable bonds is 2. The zero-order valence-corrected chi connectivity index (χ0v) is 12.9. The van der Waals surface area contributed by atoms with Gasteiger partial charge in [0.1, 0.15) is 11.3 Å². The summed E-state index contributed by atoms with van der Waals surface area (Å²) in [6.07, 6.45) is 0. The highest BCUT2D eigenvalue weighted by molar-refractivity contribution is 6.30. The molecule has 3 aromatic rings. The first kappa shape index (κ1) is 13.5. The predicted octanol–water partition coefficient (Wildman–Crippen LogP) is 4.02. The molecule has 0 aliphatic carbocycles. The van der Waals surface area contributed by atoms with Gasteiger partial charge in [0.25, 0.3) is 0 Å². The number of hydrogen-bond donors (Lipinski definition) is 0. The largest absolute Gasteiger partial charge is 0.280 e.